The summed E-state index contributed by atoms with van der Waals surface area (Å²) >= 11 is 0. The number of hydrogen-bond acceptors (Lipinski definition) is 6. The largest absolute Gasteiger partial charge is 0.462 e. The van der Waals surface area contributed by atoms with E-state index in [4.69, 9.17) is 14.2 Å². The molecule has 0 aliphatic heterocycles. The minimum atomic E-state index is -0.785. The van der Waals surface area contributed by atoms with Crippen LogP contribution in [0.25, 0.3) is 0 Å². The van der Waals surface area contributed by atoms with E-state index in [-0.39, 0.29) is 31.1 Å². The van der Waals surface area contributed by atoms with Gasteiger partial charge in [0.1, 0.15) is 13.2 Å². The molecule has 6 heteroatoms. The van der Waals surface area contributed by atoms with Crippen LogP contribution in [0.4, 0.5) is 0 Å². The van der Waals surface area contributed by atoms with Gasteiger partial charge >= 0.3 is 17.9 Å². The molecule has 0 aromatic rings. The Morgan fingerprint density at radius 3 is 0.871 bits per heavy atom. The van der Waals surface area contributed by atoms with Crippen LogP contribution in [-0.2, 0) is 28.6 Å². The third-order valence-electron chi connectivity index (χ3n) is 13.3. The lowest BCUT2D eigenvalue weighted by atomic mass is 10.0. The highest BCUT2D eigenvalue weighted by molar-refractivity contribution is 5.71. The minimum absolute atomic E-state index is 0.0807. The molecule has 70 heavy (non-hydrogen) atoms. The number of carbonyl (C=O) groups is 3. The maximum Gasteiger partial charge on any atom is 0.306 e. The molecule has 0 saturated carbocycles. The van der Waals surface area contributed by atoms with Gasteiger partial charge in [0, 0.05) is 19.3 Å². The Balaban J connectivity index is 4.35. The molecule has 0 heterocycles. The lowest BCUT2D eigenvalue weighted by Gasteiger charge is -2.18. The Kier molecular flexibility index (Phi) is 56.3. The molecular formula is C64H114O6. The first kappa shape index (κ1) is 67.1. The number of esters is 3. The lowest BCUT2D eigenvalue weighted by molar-refractivity contribution is -0.167. The molecule has 0 N–H and O–H groups in total. The summed E-state index contributed by atoms with van der Waals surface area (Å²) in [6.07, 6.45) is 73.6. The standard InChI is InChI=1S/C64H114O6/c1-4-7-10-13-16-19-22-25-27-29-31-32-34-36-38-40-43-46-49-52-55-58-64(67)70-61(59-68-62(65)56-53-50-47-44-41-24-21-18-15-12-9-6-3)60-69-63(66)57-54-51-48-45-42-39-37-35-33-30-28-26-23-20-17-14-11-8-5-2/h8,11,17,20,26,28,33,35,39,42,61H,4-7,9-10,12-16,18-19,21-25,27,29-32,34,36-38,40-41,43-60H2,1-3H3/b11-8-,20-17-,28-26-,35-33-,42-39-/t61-/m0/s1. The van der Waals surface area contributed by atoms with E-state index in [9.17, 15) is 14.4 Å². The fraction of sp³-hybridized carbons (Fsp3) is 0.797. The van der Waals surface area contributed by atoms with Crippen LogP contribution < -0.4 is 0 Å². The van der Waals surface area contributed by atoms with Crippen LogP contribution in [0, 0.1) is 0 Å². The fourth-order valence-corrected chi connectivity index (χ4v) is 8.77. The molecule has 0 spiro atoms. The van der Waals surface area contributed by atoms with E-state index in [0.29, 0.717) is 19.3 Å². The number of rotatable bonds is 55. The molecule has 0 saturated heterocycles. The van der Waals surface area contributed by atoms with E-state index >= 15 is 0 Å². The van der Waals surface area contributed by atoms with Crippen molar-refractivity contribution in [3.05, 3.63) is 60.8 Å². The Morgan fingerprint density at radius 2 is 0.557 bits per heavy atom. The van der Waals surface area contributed by atoms with Crippen molar-refractivity contribution in [2.24, 2.45) is 0 Å². The van der Waals surface area contributed by atoms with Crippen LogP contribution in [0.5, 0.6) is 0 Å². The highest BCUT2D eigenvalue weighted by atomic mass is 16.6. The van der Waals surface area contributed by atoms with Gasteiger partial charge in [-0.25, -0.2) is 0 Å². The van der Waals surface area contributed by atoms with Gasteiger partial charge in [0.05, 0.1) is 0 Å². The van der Waals surface area contributed by atoms with Crippen LogP contribution in [0.15, 0.2) is 60.8 Å². The number of ether oxygens (including phenoxy) is 3. The zero-order valence-corrected chi connectivity index (χ0v) is 46.5. The van der Waals surface area contributed by atoms with E-state index in [1.54, 1.807) is 0 Å². The first-order chi connectivity index (χ1) is 34.5. The van der Waals surface area contributed by atoms with Gasteiger partial charge in [0.2, 0.25) is 0 Å². The zero-order valence-electron chi connectivity index (χ0n) is 46.5. The molecule has 0 aromatic heterocycles. The smallest absolute Gasteiger partial charge is 0.306 e. The molecule has 0 aliphatic rings. The third kappa shape index (κ3) is 56.0. The van der Waals surface area contributed by atoms with E-state index in [1.165, 1.54) is 173 Å². The molecule has 0 amide bonds. The molecule has 1 atom stereocenters. The van der Waals surface area contributed by atoms with Crippen molar-refractivity contribution in [1.29, 1.82) is 0 Å². The van der Waals surface area contributed by atoms with Crippen molar-refractivity contribution < 1.29 is 28.6 Å². The molecular weight excluding hydrogens is 865 g/mol. The van der Waals surface area contributed by atoms with Crippen molar-refractivity contribution in [2.75, 3.05) is 13.2 Å². The average Bonchev–Trinajstić information content (AvgIpc) is 3.36. The Labute approximate surface area is 434 Å². The van der Waals surface area contributed by atoms with Crippen molar-refractivity contribution in [3.63, 3.8) is 0 Å². The van der Waals surface area contributed by atoms with Gasteiger partial charge in [-0.3, -0.25) is 14.4 Å². The summed E-state index contributed by atoms with van der Waals surface area (Å²) in [4.78, 5) is 38.2. The SMILES string of the molecule is CC/C=C\C/C=C\C/C=C\C/C=C\C/C=C\CCCCCC(=O)OC[C@H](COC(=O)CCCCCCCCCCCCCC)OC(=O)CCCCCCCCCCCCCCCCCCCCCCC. The number of allylic oxidation sites excluding steroid dienone is 10. The maximum atomic E-state index is 12.9. The first-order valence-corrected chi connectivity index (χ1v) is 30.3. The normalized spacial score (nSPS) is 12.4. The Hall–Kier alpha value is -2.89. The van der Waals surface area contributed by atoms with E-state index in [2.05, 4.69) is 81.5 Å². The second-order valence-electron chi connectivity index (χ2n) is 20.2. The molecule has 406 valence electrons. The summed E-state index contributed by atoms with van der Waals surface area (Å²) in [5, 5.41) is 0. The van der Waals surface area contributed by atoms with Crippen molar-refractivity contribution in [3.8, 4) is 0 Å². The number of hydrogen-bond donors (Lipinski definition) is 0. The lowest BCUT2D eigenvalue weighted by Crippen LogP contribution is -2.30. The van der Waals surface area contributed by atoms with Crippen LogP contribution >= 0.6 is 0 Å². The molecule has 0 bridgehead atoms. The van der Waals surface area contributed by atoms with Crippen LogP contribution in [0.1, 0.15) is 310 Å². The van der Waals surface area contributed by atoms with Gasteiger partial charge < -0.3 is 14.2 Å². The molecule has 0 aliphatic carbocycles. The van der Waals surface area contributed by atoms with E-state index < -0.39 is 6.10 Å². The van der Waals surface area contributed by atoms with E-state index in [0.717, 1.165) is 96.3 Å². The summed E-state index contributed by atoms with van der Waals surface area (Å²) in [5.74, 6) is -0.898. The number of unbranched alkanes of at least 4 members (excludes halogenated alkanes) is 34. The molecule has 0 aromatic carbocycles. The van der Waals surface area contributed by atoms with Gasteiger partial charge in [-0.15, -0.1) is 0 Å². The van der Waals surface area contributed by atoms with Crippen molar-refractivity contribution in [1.82, 2.24) is 0 Å². The minimum Gasteiger partial charge on any atom is -0.462 e. The van der Waals surface area contributed by atoms with Crippen LogP contribution in [-0.4, -0.2) is 37.2 Å². The van der Waals surface area contributed by atoms with Gasteiger partial charge in [0.15, 0.2) is 6.10 Å². The summed E-state index contributed by atoms with van der Waals surface area (Å²) in [6, 6.07) is 0. The molecule has 6 nitrogen and oxygen atoms in total. The maximum absolute atomic E-state index is 12.9. The topological polar surface area (TPSA) is 78.9 Å². The van der Waals surface area contributed by atoms with Crippen molar-refractivity contribution in [2.45, 2.75) is 316 Å². The predicted octanol–water partition coefficient (Wildman–Crippen LogP) is 20.4. The van der Waals surface area contributed by atoms with Crippen molar-refractivity contribution >= 4 is 17.9 Å². The highest BCUT2D eigenvalue weighted by Crippen LogP contribution is 2.17. The second kappa shape index (κ2) is 58.7. The van der Waals surface area contributed by atoms with Gasteiger partial charge in [-0.2, -0.15) is 0 Å². The summed E-state index contributed by atoms with van der Waals surface area (Å²) in [6.45, 7) is 6.54. The van der Waals surface area contributed by atoms with E-state index in [1.807, 2.05) is 0 Å². The third-order valence-corrected chi connectivity index (χ3v) is 13.3. The highest BCUT2D eigenvalue weighted by Gasteiger charge is 2.19. The summed E-state index contributed by atoms with van der Waals surface area (Å²) in [5.41, 5.74) is 0. The van der Waals surface area contributed by atoms with Crippen LogP contribution in [0.2, 0.25) is 0 Å². The molecule has 0 radical (unpaired) electrons. The van der Waals surface area contributed by atoms with Gasteiger partial charge in [-0.1, -0.05) is 287 Å². The van der Waals surface area contributed by atoms with Gasteiger partial charge in [-0.05, 0) is 64.2 Å². The summed E-state index contributed by atoms with van der Waals surface area (Å²) < 4.78 is 16.9. The molecule has 0 unspecified atom stereocenters. The monoisotopic (exact) mass is 979 g/mol. The quantitative estimate of drug-likeness (QED) is 0.0261. The molecule has 0 rings (SSSR count). The fourth-order valence-electron chi connectivity index (χ4n) is 8.77. The predicted molar refractivity (Wildman–Crippen MR) is 302 cm³/mol. The second-order valence-corrected chi connectivity index (χ2v) is 20.2. The summed E-state index contributed by atoms with van der Waals surface area (Å²) in [7, 11) is 0. The first-order valence-electron chi connectivity index (χ1n) is 30.3. The zero-order chi connectivity index (χ0) is 50.7. The molecule has 0 fully saturated rings. The Bertz CT molecular complexity index is 1260. The average molecular weight is 980 g/mol. The number of carbonyl (C=O) groups excluding carboxylic acids is 3. The Morgan fingerprint density at radius 1 is 0.300 bits per heavy atom. The van der Waals surface area contributed by atoms with Crippen LogP contribution in [0.3, 0.4) is 0 Å². The van der Waals surface area contributed by atoms with Gasteiger partial charge in [0.25, 0.3) is 0 Å².